The quantitative estimate of drug-likeness (QED) is 0.583. The molecule has 0 unspecified atom stereocenters. The number of carbonyl (C=O) groups is 1. The SMILES string of the molecule is CCOC(=O)C(=CF)CCc1ccc(F)cc1. The predicted octanol–water partition coefficient (Wildman–Crippen LogP) is 3.17. The van der Waals surface area contributed by atoms with E-state index in [0.29, 0.717) is 6.42 Å². The van der Waals surface area contributed by atoms with Gasteiger partial charge in [0.15, 0.2) is 0 Å². The minimum atomic E-state index is -0.642. The summed E-state index contributed by atoms with van der Waals surface area (Å²) in [5.74, 6) is -0.961. The number of carbonyl (C=O) groups excluding carboxylic acids is 1. The topological polar surface area (TPSA) is 26.3 Å². The van der Waals surface area contributed by atoms with Crippen molar-refractivity contribution in [2.75, 3.05) is 6.61 Å². The molecule has 0 spiro atoms. The lowest BCUT2D eigenvalue weighted by atomic mass is 10.1. The number of halogens is 2. The molecule has 0 saturated carbocycles. The van der Waals surface area contributed by atoms with E-state index in [1.165, 1.54) is 12.1 Å². The first kappa shape index (κ1) is 13.4. The number of benzene rings is 1. The van der Waals surface area contributed by atoms with E-state index in [1.807, 2.05) is 0 Å². The van der Waals surface area contributed by atoms with Crippen LogP contribution in [0.4, 0.5) is 8.78 Å². The average Bonchev–Trinajstić information content (AvgIpc) is 2.32. The Morgan fingerprint density at radius 1 is 1.35 bits per heavy atom. The van der Waals surface area contributed by atoms with Gasteiger partial charge in [-0.3, -0.25) is 0 Å². The molecule has 0 radical (unpaired) electrons. The monoisotopic (exact) mass is 240 g/mol. The molecular formula is C13H14F2O2. The summed E-state index contributed by atoms with van der Waals surface area (Å²) in [5.41, 5.74) is 0.839. The molecule has 0 saturated heterocycles. The van der Waals surface area contributed by atoms with Gasteiger partial charge in [-0.25, -0.2) is 13.6 Å². The molecule has 0 N–H and O–H groups in total. The van der Waals surface area contributed by atoms with Crippen LogP contribution in [0.5, 0.6) is 0 Å². The Balaban J connectivity index is 2.54. The van der Waals surface area contributed by atoms with Crippen molar-refractivity contribution in [1.29, 1.82) is 0 Å². The smallest absolute Gasteiger partial charge is 0.336 e. The fourth-order valence-electron chi connectivity index (χ4n) is 1.36. The van der Waals surface area contributed by atoms with E-state index in [-0.39, 0.29) is 30.7 Å². The van der Waals surface area contributed by atoms with Gasteiger partial charge in [-0.1, -0.05) is 12.1 Å². The molecule has 17 heavy (non-hydrogen) atoms. The fraction of sp³-hybridized carbons (Fsp3) is 0.308. The molecule has 0 aliphatic rings. The first-order valence-corrected chi connectivity index (χ1v) is 5.38. The molecule has 0 aliphatic carbocycles. The molecule has 0 atom stereocenters. The van der Waals surface area contributed by atoms with Gasteiger partial charge in [0.05, 0.1) is 18.5 Å². The fourth-order valence-corrected chi connectivity index (χ4v) is 1.36. The van der Waals surface area contributed by atoms with Gasteiger partial charge in [-0.2, -0.15) is 0 Å². The third-order valence-electron chi connectivity index (χ3n) is 2.27. The Bertz CT molecular complexity index is 396. The van der Waals surface area contributed by atoms with E-state index in [4.69, 9.17) is 4.74 Å². The van der Waals surface area contributed by atoms with Crippen LogP contribution >= 0.6 is 0 Å². The summed E-state index contributed by atoms with van der Waals surface area (Å²) >= 11 is 0. The van der Waals surface area contributed by atoms with Gasteiger partial charge in [-0.15, -0.1) is 0 Å². The van der Waals surface area contributed by atoms with Crippen molar-refractivity contribution in [1.82, 2.24) is 0 Å². The molecular weight excluding hydrogens is 226 g/mol. The minimum Gasteiger partial charge on any atom is -0.463 e. The Kier molecular flexibility index (Phi) is 5.33. The predicted molar refractivity (Wildman–Crippen MR) is 60.5 cm³/mol. The molecule has 2 nitrogen and oxygen atoms in total. The number of esters is 1. The Morgan fingerprint density at radius 3 is 2.53 bits per heavy atom. The Hall–Kier alpha value is -1.71. The lowest BCUT2D eigenvalue weighted by molar-refractivity contribution is -0.138. The van der Waals surface area contributed by atoms with E-state index in [2.05, 4.69) is 0 Å². The van der Waals surface area contributed by atoms with Crippen molar-refractivity contribution in [2.45, 2.75) is 19.8 Å². The van der Waals surface area contributed by atoms with Crippen LogP contribution in [-0.4, -0.2) is 12.6 Å². The zero-order valence-corrected chi connectivity index (χ0v) is 9.58. The van der Waals surface area contributed by atoms with Gasteiger partial charge in [0, 0.05) is 0 Å². The van der Waals surface area contributed by atoms with Crippen LogP contribution in [0.2, 0.25) is 0 Å². The van der Waals surface area contributed by atoms with Crippen molar-refractivity contribution in [3.8, 4) is 0 Å². The number of hydrogen-bond donors (Lipinski definition) is 0. The molecule has 0 heterocycles. The van der Waals surface area contributed by atoms with Crippen LogP contribution in [0.15, 0.2) is 36.2 Å². The first-order chi connectivity index (χ1) is 8.17. The van der Waals surface area contributed by atoms with E-state index in [9.17, 15) is 13.6 Å². The van der Waals surface area contributed by atoms with Gasteiger partial charge in [-0.05, 0) is 37.5 Å². The molecule has 0 aromatic heterocycles. The van der Waals surface area contributed by atoms with Gasteiger partial charge >= 0.3 is 5.97 Å². The van der Waals surface area contributed by atoms with Crippen molar-refractivity contribution in [3.63, 3.8) is 0 Å². The van der Waals surface area contributed by atoms with E-state index in [1.54, 1.807) is 19.1 Å². The number of rotatable bonds is 5. The van der Waals surface area contributed by atoms with E-state index < -0.39 is 5.97 Å². The molecule has 92 valence electrons. The molecule has 1 rings (SSSR count). The molecule has 0 bridgehead atoms. The van der Waals surface area contributed by atoms with Crippen LogP contribution < -0.4 is 0 Å². The van der Waals surface area contributed by atoms with Crippen molar-refractivity contribution in [3.05, 3.63) is 47.5 Å². The molecule has 0 fully saturated rings. The van der Waals surface area contributed by atoms with Crippen LogP contribution in [0.3, 0.4) is 0 Å². The maximum Gasteiger partial charge on any atom is 0.336 e. The van der Waals surface area contributed by atoms with Crippen LogP contribution in [0.25, 0.3) is 0 Å². The molecule has 1 aromatic rings. The summed E-state index contributed by atoms with van der Waals surface area (Å²) in [5, 5.41) is 0. The lowest BCUT2D eigenvalue weighted by Crippen LogP contribution is -2.08. The van der Waals surface area contributed by atoms with E-state index >= 15 is 0 Å². The summed E-state index contributed by atoms with van der Waals surface area (Å²) in [6.45, 7) is 1.88. The Labute approximate surface area is 98.9 Å². The highest BCUT2D eigenvalue weighted by Gasteiger charge is 2.10. The number of ether oxygens (including phenoxy) is 1. The zero-order valence-electron chi connectivity index (χ0n) is 9.58. The largest absolute Gasteiger partial charge is 0.463 e. The molecule has 4 heteroatoms. The second kappa shape index (κ2) is 6.78. The maximum atomic E-state index is 12.6. The molecule has 0 amide bonds. The summed E-state index contributed by atoms with van der Waals surface area (Å²) < 4.78 is 29.8. The van der Waals surface area contributed by atoms with Crippen LogP contribution in [0.1, 0.15) is 18.9 Å². The summed E-state index contributed by atoms with van der Waals surface area (Å²) in [4.78, 5) is 11.3. The normalized spacial score (nSPS) is 11.4. The van der Waals surface area contributed by atoms with Gasteiger partial charge in [0.2, 0.25) is 0 Å². The van der Waals surface area contributed by atoms with Crippen LogP contribution in [-0.2, 0) is 16.0 Å². The molecule has 0 aliphatic heterocycles. The standard InChI is InChI=1S/C13H14F2O2/c1-2-17-13(16)11(9-14)6-3-10-4-7-12(15)8-5-10/h4-5,7-9H,2-3,6H2,1H3. The van der Waals surface area contributed by atoms with Gasteiger partial charge in [0.25, 0.3) is 0 Å². The van der Waals surface area contributed by atoms with Crippen molar-refractivity contribution < 1.29 is 18.3 Å². The number of aryl methyl sites for hydroxylation is 1. The highest BCUT2D eigenvalue weighted by Crippen LogP contribution is 2.12. The third-order valence-corrected chi connectivity index (χ3v) is 2.27. The van der Waals surface area contributed by atoms with Crippen molar-refractivity contribution >= 4 is 5.97 Å². The van der Waals surface area contributed by atoms with Crippen molar-refractivity contribution in [2.24, 2.45) is 0 Å². The number of hydrogen-bond acceptors (Lipinski definition) is 2. The van der Waals surface area contributed by atoms with Crippen LogP contribution in [0, 0.1) is 5.82 Å². The van der Waals surface area contributed by atoms with Gasteiger partial charge in [0.1, 0.15) is 5.82 Å². The summed E-state index contributed by atoms with van der Waals surface area (Å²) in [6, 6.07) is 5.88. The highest BCUT2D eigenvalue weighted by molar-refractivity contribution is 5.88. The second-order valence-corrected chi connectivity index (χ2v) is 3.48. The highest BCUT2D eigenvalue weighted by atomic mass is 19.1. The minimum absolute atomic E-state index is 0.00354. The molecule has 1 aromatic carbocycles. The average molecular weight is 240 g/mol. The van der Waals surface area contributed by atoms with Gasteiger partial charge < -0.3 is 4.74 Å². The Morgan fingerprint density at radius 2 is 2.00 bits per heavy atom. The lowest BCUT2D eigenvalue weighted by Gasteiger charge is -2.05. The zero-order chi connectivity index (χ0) is 12.7. The summed E-state index contributed by atoms with van der Waals surface area (Å²) in [6.07, 6.45) is 0.970. The maximum absolute atomic E-state index is 12.6. The summed E-state index contributed by atoms with van der Waals surface area (Å²) in [7, 11) is 0. The first-order valence-electron chi connectivity index (χ1n) is 5.38. The second-order valence-electron chi connectivity index (χ2n) is 3.48. The third kappa shape index (κ3) is 4.34. The van der Waals surface area contributed by atoms with E-state index in [0.717, 1.165) is 5.56 Å².